The van der Waals surface area contributed by atoms with Gasteiger partial charge < -0.3 is 66.1 Å². The second-order valence-electron chi connectivity index (χ2n) is 13.5. The minimum atomic E-state index is -1.27. The second kappa shape index (κ2) is 26.3. The van der Waals surface area contributed by atoms with Gasteiger partial charge in [0.1, 0.15) is 30.7 Å². The lowest BCUT2D eigenvalue weighted by atomic mass is 10.00. The Bertz CT molecular complexity index is 1430. The molecule has 0 aromatic heterocycles. The third kappa shape index (κ3) is 21.1. The number of nitrogens with one attached hydrogen (secondary N) is 5. The van der Waals surface area contributed by atoms with Crippen LogP contribution in [0.15, 0.2) is 40.3 Å². The van der Waals surface area contributed by atoms with E-state index >= 15 is 0 Å². The largest absolute Gasteiger partial charge is 0.480 e. The predicted molar refractivity (Wildman–Crippen MR) is 209 cm³/mol. The van der Waals surface area contributed by atoms with Crippen molar-refractivity contribution in [3.63, 3.8) is 0 Å². The first-order valence-electron chi connectivity index (χ1n) is 18.3. The number of hydrogen-bond donors (Lipinski definition) is 12. The van der Waals surface area contributed by atoms with Crippen molar-refractivity contribution in [2.24, 2.45) is 50.3 Å². The summed E-state index contributed by atoms with van der Waals surface area (Å²) in [6.45, 7) is 3.73. The molecular formula is C35H61N13O7. The summed E-state index contributed by atoms with van der Waals surface area (Å²) in [6, 6.07) is 3.17. The number of guanidine groups is 2. The number of hydrogen-bond acceptors (Lipinski definition) is 10. The molecule has 0 fully saturated rings. The van der Waals surface area contributed by atoms with E-state index in [4.69, 9.17) is 39.5 Å². The highest BCUT2D eigenvalue weighted by atomic mass is 16.4. The SMILES string of the molecule is CC(C)C[C@H](NC(=O)[C@H](CCCN=C(N)N)NC(=O)[C@H](CCCN=C(N)N)NC(=O)[C@@H](N)CCCCN)C(=O)N[C@@H](Cc1ccccc1)C(=O)NCC(=O)O. The highest BCUT2D eigenvalue weighted by Gasteiger charge is 2.32. The molecule has 308 valence electrons. The molecule has 18 N–H and O–H groups in total. The van der Waals surface area contributed by atoms with Gasteiger partial charge in [-0.3, -0.25) is 38.8 Å². The highest BCUT2D eigenvalue weighted by molar-refractivity contribution is 5.96. The topological polar surface area (TPSA) is 364 Å². The van der Waals surface area contributed by atoms with E-state index in [-0.39, 0.29) is 63.0 Å². The molecule has 0 radical (unpaired) electrons. The van der Waals surface area contributed by atoms with Crippen LogP contribution >= 0.6 is 0 Å². The third-order valence-corrected chi connectivity index (χ3v) is 8.13. The molecule has 0 aliphatic heterocycles. The summed E-state index contributed by atoms with van der Waals surface area (Å²) in [6.07, 6.45) is 2.46. The van der Waals surface area contributed by atoms with Crippen LogP contribution in [0.2, 0.25) is 0 Å². The van der Waals surface area contributed by atoms with E-state index in [0.717, 1.165) is 0 Å². The lowest BCUT2D eigenvalue weighted by molar-refractivity contribution is -0.138. The lowest BCUT2D eigenvalue weighted by Crippen LogP contribution is -2.59. The number of amides is 5. The van der Waals surface area contributed by atoms with Gasteiger partial charge in [-0.15, -0.1) is 0 Å². The van der Waals surface area contributed by atoms with Crippen LogP contribution in [-0.4, -0.2) is 109 Å². The van der Waals surface area contributed by atoms with Gasteiger partial charge in [0.2, 0.25) is 29.5 Å². The number of aliphatic imine (C=N–C) groups is 2. The first kappa shape index (κ1) is 47.5. The van der Waals surface area contributed by atoms with Crippen LogP contribution in [0.25, 0.3) is 0 Å². The van der Waals surface area contributed by atoms with E-state index < -0.39 is 72.3 Å². The van der Waals surface area contributed by atoms with Gasteiger partial charge >= 0.3 is 5.97 Å². The number of benzene rings is 1. The zero-order chi connectivity index (χ0) is 41.3. The molecule has 0 aliphatic carbocycles. The van der Waals surface area contributed by atoms with E-state index in [0.29, 0.717) is 37.8 Å². The zero-order valence-electron chi connectivity index (χ0n) is 31.8. The molecule has 5 amide bonds. The number of unbranched alkanes of at least 4 members (excludes halogenated alkanes) is 1. The molecule has 0 saturated heterocycles. The Morgan fingerprint density at radius 1 is 0.655 bits per heavy atom. The molecule has 20 nitrogen and oxygen atoms in total. The van der Waals surface area contributed by atoms with Gasteiger partial charge in [-0.2, -0.15) is 0 Å². The van der Waals surface area contributed by atoms with Crippen molar-refractivity contribution in [3.8, 4) is 0 Å². The van der Waals surface area contributed by atoms with Gasteiger partial charge in [0.15, 0.2) is 11.9 Å². The summed E-state index contributed by atoms with van der Waals surface area (Å²) in [7, 11) is 0. The Morgan fingerprint density at radius 2 is 1.15 bits per heavy atom. The Hall–Kier alpha value is -5.50. The second-order valence-corrected chi connectivity index (χ2v) is 13.5. The van der Waals surface area contributed by atoms with Crippen molar-refractivity contribution >= 4 is 47.4 Å². The quantitative estimate of drug-likeness (QED) is 0.0241. The number of aliphatic carboxylic acids is 1. The maximum absolute atomic E-state index is 13.9. The monoisotopic (exact) mass is 775 g/mol. The molecule has 0 aliphatic rings. The maximum atomic E-state index is 13.9. The molecule has 0 heterocycles. The number of nitrogens with two attached hydrogens (primary N) is 6. The molecule has 1 aromatic rings. The fourth-order valence-corrected chi connectivity index (χ4v) is 5.33. The van der Waals surface area contributed by atoms with Crippen LogP contribution in [0.5, 0.6) is 0 Å². The number of rotatable bonds is 27. The van der Waals surface area contributed by atoms with E-state index in [1.165, 1.54) is 0 Å². The van der Waals surface area contributed by atoms with Crippen molar-refractivity contribution in [1.29, 1.82) is 0 Å². The van der Waals surface area contributed by atoms with E-state index in [1.54, 1.807) is 30.3 Å². The molecule has 55 heavy (non-hydrogen) atoms. The van der Waals surface area contributed by atoms with Crippen LogP contribution in [0.1, 0.15) is 70.8 Å². The Labute approximate surface area is 321 Å². The minimum absolute atomic E-state index is 0.0336. The smallest absolute Gasteiger partial charge is 0.322 e. The van der Waals surface area contributed by atoms with Crippen LogP contribution < -0.4 is 61.0 Å². The molecule has 0 spiro atoms. The fourth-order valence-electron chi connectivity index (χ4n) is 5.33. The molecule has 5 atom stereocenters. The van der Waals surface area contributed by atoms with Crippen molar-refractivity contribution in [2.75, 3.05) is 26.2 Å². The maximum Gasteiger partial charge on any atom is 0.322 e. The Morgan fingerprint density at radius 3 is 1.64 bits per heavy atom. The number of nitrogens with zero attached hydrogens (tertiary/aromatic N) is 2. The molecular weight excluding hydrogens is 714 g/mol. The number of carbonyl (C=O) groups is 6. The van der Waals surface area contributed by atoms with Gasteiger partial charge in [0.05, 0.1) is 6.04 Å². The van der Waals surface area contributed by atoms with Gasteiger partial charge in [0, 0.05) is 19.5 Å². The third-order valence-electron chi connectivity index (χ3n) is 8.13. The number of carboxylic acid groups (broad SMARTS) is 1. The van der Waals surface area contributed by atoms with Gasteiger partial charge in [-0.05, 0) is 63.0 Å². The van der Waals surface area contributed by atoms with Gasteiger partial charge in [0.25, 0.3) is 0 Å². The first-order valence-corrected chi connectivity index (χ1v) is 18.3. The van der Waals surface area contributed by atoms with Crippen molar-refractivity contribution in [3.05, 3.63) is 35.9 Å². The zero-order valence-corrected chi connectivity index (χ0v) is 31.8. The number of carbonyl (C=O) groups excluding carboxylic acids is 5. The summed E-state index contributed by atoms with van der Waals surface area (Å²) in [5, 5.41) is 22.1. The first-order chi connectivity index (χ1) is 26.0. The Balaban J connectivity index is 3.34. The summed E-state index contributed by atoms with van der Waals surface area (Å²) < 4.78 is 0. The molecule has 1 rings (SSSR count). The normalized spacial score (nSPS) is 13.5. The molecule has 0 bridgehead atoms. The molecule has 20 heteroatoms. The summed E-state index contributed by atoms with van der Waals surface area (Å²) in [4.78, 5) is 86.5. The van der Waals surface area contributed by atoms with Crippen LogP contribution in [0.3, 0.4) is 0 Å². The Kier molecular flexibility index (Phi) is 22.7. The van der Waals surface area contributed by atoms with E-state index in [1.807, 2.05) is 13.8 Å². The minimum Gasteiger partial charge on any atom is -0.480 e. The van der Waals surface area contributed by atoms with Gasteiger partial charge in [-0.1, -0.05) is 50.6 Å². The average molecular weight is 776 g/mol. The summed E-state index contributed by atoms with van der Waals surface area (Å²) in [5.41, 5.74) is 34.1. The van der Waals surface area contributed by atoms with Crippen LogP contribution in [-0.2, 0) is 35.2 Å². The highest BCUT2D eigenvalue weighted by Crippen LogP contribution is 2.11. The predicted octanol–water partition coefficient (Wildman–Crippen LogP) is -3.02. The standard InChI is InChI=1S/C35H61N13O7/c1-21(2)18-26(33(55)48-27(30(52)44-20-28(49)50)19-22-10-4-3-5-11-22)47-32(54)25(14-9-17-43-35(40)41)46-31(53)24(13-8-16-42-34(38)39)45-29(51)23(37)12-6-7-15-36/h3-5,10-11,21,23-27H,6-9,12-20,36-37H2,1-2H3,(H,44,52)(H,45,51)(H,46,53)(H,47,54)(H,48,55)(H,49,50)(H4,38,39,42)(H4,40,41,43)/t23-,24-,25-,26-,27-/m0/s1. The van der Waals surface area contributed by atoms with Crippen LogP contribution in [0, 0.1) is 5.92 Å². The van der Waals surface area contributed by atoms with Crippen molar-refractivity contribution in [2.45, 2.75) is 102 Å². The number of carboxylic acids is 1. The van der Waals surface area contributed by atoms with E-state index in [9.17, 15) is 28.8 Å². The summed E-state index contributed by atoms with van der Waals surface area (Å²) in [5.74, 6) is -5.11. The van der Waals surface area contributed by atoms with Crippen LogP contribution in [0.4, 0.5) is 0 Å². The average Bonchev–Trinajstić information content (AvgIpc) is 3.12. The van der Waals surface area contributed by atoms with Crippen molar-refractivity contribution < 1.29 is 33.9 Å². The molecule has 1 aromatic carbocycles. The molecule has 0 unspecified atom stereocenters. The lowest BCUT2D eigenvalue weighted by Gasteiger charge is -2.27. The summed E-state index contributed by atoms with van der Waals surface area (Å²) >= 11 is 0. The molecule has 0 saturated carbocycles. The van der Waals surface area contributed by atoms with E-state index in [2.05, 4.69) is 36.6 Å². The van der Waals surface area contributed by atoms with Crippen molar-refractivity contribution in [1.82, 2.24) is 26.6 Å². The van der Waals surface area contributed by atoms with Gasteiger partial charge in [-0.25, -0.2) is 0 Å². The fraction of sp³-hybridized carbons (Fsp3) is 0.600.